The zero-order valence-corrected chi connectivity index (χ0v) is 7.89. The molecule has 0 fully saturated rings. The second-order valence-corrected chi connectivity index (χ2v) is 3.46. The molecule has 0 N–H and O–H groups in total. The largest absolute Gasteiger partial charge is 0.371 e. The van der Waals surface area contributed by atoms with Gasteiger partial charge >= 0.3 is 0 Å². The lowest BCUT2D eigenvalue weighted by molar-refractivity contribution is 0.620. The van der Waals surface area contributed by atoms with Gasteiger partial charge in [0.15, 0.2) is 0 Å². The summed E-state index contributed by atoms with van der Waals surface area (Å²) in [7, 11) is 0. The average Bonchev–Trinajstić information content (AvgIpc) is 2.17. The van der Waals surface area contributed by atoms with E-state index in [0.717, 1.165) is 25.2 Å². The molecule has 1 aromatic carbocycles. The molecule has 70 valence electrons. The minimum atomic E-state index is -0.126. The Morgan fingerprint density at radius 1 is 1.46 bits per heavy atom. The van der Waals surface area contributed by atoms with Crippen LogP contribution in [0.3, 0.4) is 0 Å². The maximum Gasteiger partial charge on any atom is 0.125 e. The highest BCUT2D eigenvalue weighted by Gasteiger charge is 2.15. The predicted octanol–water partition coefficient (Wildman–Crippen LogP) is 2.60. The second-order valence-electron chi connectivity index (χ2n) is 3.46. The zero-order chi connectivity index (χ0) is 9.26. The molecule has 1 aliphatic rings. The van der Waals surface area contributed by atoms with E-state index in [-0.39, 0.29) is 5.82 Å². The van der Waals surface area contributed by atoms with E-state index in [9.17, 15) is 4.39 Å². The molecule has 0 saturated carbocycles. The molecule has 0 unspecified atom stereocenters. The van der Waals surface area contributed by atoms with Gasteiger partial charge in [-0.2, -0.15) is 0 Å². The van der Waals surface area contributed by atoms with E-state index in [1.807, 2.05) is 6.07 Å². The Balaban J connectivity index is 2.41. The van der Waals surface area contributed by atoms with Gasteiger partial charge in [-0.15, -0.1) is 0 Å². The van der Waals surface area contributed by atoms with Crippen molar-refractivity contribution in [1.82, 2.24) is 0 Å². The fourth-order valence-electron chi connectivity index (χ4n) is 1.95. The first-order chi connectivity index (χ1) is 6.31. The number of rotatable bonds is 1. The number of benzene rings is 1. The number of fused-ring (bicyclic) bond motifs is 1. The summed E-state index contributed by atoms with van der Waals surface area (Å²) >= 11 is 0. The second kappa shape index (κ2) is 3.36. The first-order valence-electron chi connectivity index (χ1n) is 4.84. The van der Waals surface area contributed by atoms with E-state index in [1.165, 1.54) is 12.0 Å². The number of anilines is 1. The van der Waals surface area contributed by atoms with E-state index in [1.54, 1.807) is 12.1 Å². The normalized spacial score (nSPS) is 15.7. The van der Waals surface area contributed by atoms with Crippen LogP contribution in [-0.4, -0.2) is 13.1 Å². The summed E-state index contributed by atoms with van der Waals surface area (Å²) in [4.78, 5) is 2.24. The lowest BCUT2D eigenvalue weighted by atomic mass is 10.0. The Morgan fingerprint density at radius 3 is 3.08 bits per heavy atom. The molecule has 0 atom stereocenters. The fraction of sp³-hybridized carbons (Fsp3) is 0.455. The van der Waals surface area contributed by atoms with Gasteiger partial charge in [0.2, 0.25) is 0 Å². The zero-order valence-electron chi connectivity index (χ0n) is 7.89. The van der Waals surface area contributed by atoms with Crippen LogP contribution in [0.15, 0.2) is 18.2 Å². The van der Waals surface area contributed by atoms with Crippen molar-refractivity contribution in [2.45, 2.75) is 19.8 Å². The molecule has 1 heterocycles. The molecule has 1 nitrogen and oxygen atoms in total. The molecule has 2 rings (SSSR count). The maximum absolute atomic E-state index is 13.0. The average molecular weight is 179 g/mol. The molecule has 1 aromatic rings. The van der Waals surface area contributed by atoms with E-state index in [0.29, 0.717) is 0 Å². The van der Waals surface area contributed by atoms with Crippen molar-refractivity contribution in [2.75, 3.05) is 18.0 Å². The van der Waals surface area contributed by atoms with Gasteiger partial charge in [0.05, 0.1) is 0 Å². The lowest BCUT2D eigenvalue weighted by Gasteiger charge is -2.30. The third kappa shape index (κ3) is 1.53. The third-order valence-electron chi connectivity index (χ3n) is 2.64. The Bertz CT molecular complexity index is 309. The molecule has 0 spiro atoms. The topological polar surface area (TPSA) is 3.24 Å². The molecule has 0 bridgehead atoms. The van der Waals surface area contributed by atoms with Crippen molar-refractivity contribution in [2.24, 2.45) is 0 Å². The Hall–Kier alpha value is -1.05. The van der Waals surface area contributed by atoms with Gasteiger partial charge in [-0.05, 0) is 37.5 Å². The van der Waals surface area contributed by atoms with Crippen LogP contribution < -0.4 is 4.90 Å². The quantitative estimate of drug-likeness (QED) is 0.640. The smallest absolute Gasteiger partial charge is 0.125 e. The summed E-state index contributed by atoms with van der Waals surface area (Å²) < 4.78 is 13.0. The SMILES string of the molecule is CCN1CCCc2ccc(F)cc21. The fourth-order valence-corrected chi connectivity index (χ4v) is 1.95. The van der Waals surface area contributed by atoms with Crippen LogP contribution in [0.1, 0.15) is 18.9 Å². The summed E-state index contributed by atoms with van der Waals surface area (Å²) in [5.41, 5.74) is 2.38. The highest BCUT2D eigenvalue weighted by Crippen LogP contribution is 2.27. The molecule has 0 radical (unpaired) electrons. The van der Waals surface area contributed by atoms with Crippen molar-refractivity contribution in [3.05, 3.63) is 29.6 Å². The van der Waals surface area contributed by atoms with Crippen LogP contribution in [0.25, 0.3) is 0 Å². The van der Waals surface area contributed by atoms with E-state index < -0.39 is 0 Å². The monoisotopic (exact) mass is 179 g/mol. The summed E-state index contributed by atoms with van der Waals surface area (Å²) in [6.45, 7) is 4.14. The van der Waals surface area contributed by atoms with E-state index >= 15 is 0 Å². The summed E-state index contributed by atoms with van der Waals surface area (Å²) in [6, 6.07) is 5.11. The van der Waals surface area contributed by atoms with Crippen LogP contribution >= 0.6 is 0 Å². The van der Waals surface area contributed by atoms with Crippen LogP contribution in [0.5, 0.6) is 0 Å². The number of aryl methyl sites for hydroxylation is 1. The molecule has 0 saturated heterocycles. The first-order valence-corrected chi connectivity index (χ1v) is 4.84. The van der Waals surface area contributed by atoms with Crippen molar-refractivity contribution >= 4 is 5.69 Å². The third-order valence-corrected chi connectivity index (χ3v) is 2.64. The van der Waals surface area contributed by atoms with Crippen molar-refractivity contribution in [3.63, 3.8) is 0 Å². The van der Waals surface area contributed by atoms with Gasteiger partial charge in [-0.1, -0.05) is 6.07 Å². The number of halogens is 1. The van der Waals surface area contributed by atoms with Crippen molar-refractivity contribution in [3.8, 4) is 0 Å². The van der Waals surface area contributed by atoms with Gasteiger partial charge in [-0.25, -0.2) is 4.39 Å². The number of hydrogen-bond acceptors (Lipinski definition) is 1. The van der Waals surface area contributed by atoms with Gasteiger partial charge in [0.1, 0.15) is 5.82 Å². The van der Waals surface area contributed by atoms with Crippen molar-refractivity contribution < 1.29 is 4.39 Å². The lowest BCUT2D eigenvalue weighted by Crippen LogP contribution is -2.28. The van der Waals surface area contributed by atoms with Gasteiger partial charge in [-0.3, -0.25) is 0 Å². The summed E-state index contributed by atoms with van der Waals surface area (Å²) in [5, 5.41) is 0. The maximum atomic E-state index is 13.0. The summed E-state index contributed by atoms with van der Waals surface area (Å²) in [6.07, 6.45) is 2.28. The Labute approximate surface area is 78.2 Å². The highest BCUT2D eigenvalue weighted by atomic mass is 19.1. The Morgan fingerprint density at radius 2 is 2.31 bits per heavy atom. The molecule has 0 aliphatic carbocycles. The molecule has 0 amide bonds. The molecule has 2 heteroatoms. The minimum absolute atomic E-state index is 0.126. The van der Waals surface area contributed by atoms with Crippen LogP contribution in [-0.2, 0) is 6.42 Å². The number of hydrogen-bond donors (Lipinski definition) is 0. The van der Waals surface area contributed by atoms with E-state index in [2.05, 4.69) is 11.8 Å². The van der Waals surface area contributed by atoms with Crippen LogP contribution in [0.4, 0.5) is 10.1 Å². The standard InChI is InChI=1S/C11H14FN/c1-2-13-7-3-4-9-5-6-10(12)8-11(9)13/h5-6,8H,2-4,7H2,1H3. The molecular weight excluding hydrogens is 165 g/mol. The van der Waals surface area contributed by atoms with Gasteiger partial charge < -0.3 is 4.90 Å². The molecular formula is C11H14FN. The molecule has 13 heavy (non-hydrogen) atoms. The first kappa shape index (κ1) is 8.54. The summed E-state index contributed by atoms with van der Waals surface area (Å²) in [5.74, 6) is -0.126. The van der Waals surface area contributed by atoms with E-state index in [4.69, 9.17) is 0 Å². The predicted molar refractivity (Wildman–Crippen MR) is 52.6 cm³/mol. The van der Waals surface area contributed by atoms with Crippen molar-refractivity contribution in [1.29, 1.82) is 0 Å². The minimum Gasteiger partial charge on any atom is -0.371 e. The van der Waals surface area contributed by atoms with Gasteiger partial charge in [0, 0.05) is 18.8 Å². The van der Waals surface area contributed by atoms with Gasteiger partial charge in [0.25, 0.3) is 0 Å². The Kier molecular flexibility index (Phi) is 2.21. The molecule has 0 aromatic heterocycles. The van der Waals surface area contributed by atoms with Crippen LogP contribution in [0, 0.1) is 5.82 Å². The molecule has 1 aliphatic heterocycles. The number of nitrogens with zero attached hydrogens (tertiary/aromatic N) is 1. The highest BCUT2D eigenvalue weighted by molar-refractivity contribution is 5.55. The van der Waals surface area contributed by atoms with Crippen LogP contribution in [0.2, 0.25) is 0 Å².